The molecule has 0 aliphatic carbocycles. The quantitative estimate of drug-likeness (QED) is 0.788. The molecule has 0 radical (unpaired) electrons. The van der Waals surface area contributed by atoms with Crippen LogP contribution < -0.4 is 15.4 Å². The topological polar surface area (TPSA) is 68.8 Å². The van der Waals surface area contributed by atoms with Crippen molar-refractivity contribution in [2.75, 3.05) is 31.7 Å². The molecule has 6 nitrogen and oxygen atoms in total. The Balaban J connectivity index is 1.65. The number of ether oxygens (including phenoxy) is 3. The van der Waals surface area contributed by atoms with Crippen LogP contribution in [0.4, 0.5) is 10.5 Å². The molecule has 1 aromatic rings. The molecule has 0 spiro atoms. The zero-order chi connectivity index (χ0) is 16.7. The van der Waals surface area contributed by atoms with E-state index in [1.165, 1.54) is 0 Å². The van der Waals surface area contributed by atoms with Gasteiger partial charge in [-0.2, -0.15) is 0 Å². The lowest BCUT2D eigenvalue weighted by atomic mass is 10.2. The predicted molar refractivity (Wildman–Crippen MR) is 89.0 cm³/mol. The summed E-state index contributed by atoms with van der Waals surface area (Å²) in [5, 5.41) is 6.07. The minimum atomic E-state index is -0.488. The molecule has 2 N–H and O–H groups in total. The minimum absolute atomic E-state index is 0.389. The second kappa shape index (κ2) is 8.06. The van der Waals surface area contributed by atoms with Crippen molar-refractivity contribution >= 4 is 11.8 Å². The predicted octanol–water partition coefficient (Wildman–Crippen LogP) is 2.79. The first-order chi connectivity index (χ1) is 10.9. The summed E-state index contributed by atoms with van der Waals surface area (Å²) in [5.41, 5.74) is 0.567. The third-order valence-corrected chi connectivity index (χ3v) is 3.19. The molecule has 6 heteroatoms. The SMILES string of the molecule is CC(C)(C)OC(=O)NCCOc1ccc(NC2CCOC2)cc1. The summed E-state index contributed by atoms with van der Waals surface area (Å²) >= 11 is 0. The van der Waals surface area contributed by atoms with Crippen LogP contribution in [0, 0.1) is 0 Å². The molecule has 0 aromatic heterocycles. The van der Waals surface area contributed by atoms with Crippen LogP contribution in [0.25, 0.3) is 0 Å². The van der Waals surface area contributed by atoms with Crippen LogP contribution in [-0.4, -0.2) is 44.1 Å². The fourth-order valence-electron chi connectivity index (χ4n) is 2.17. The summed E-state index contributed by atoms with van der Waals surface area (Å²) in [6.07, 6.45) is 0.605. The summed E-state index contributed by atoms with van der Waals surface area (Å²) in [5.74, 6) is 0.768. The van der Waals surface area contributed by atoms with E-state index < -0.39 is 11.7 Å². The average Bonchev–Trinajstić information content (AvgIpc) is 2.96. The van der Waals surface area contributed by atoms with Crippen molar-refractivity contribution < 1.29 is 19.0 Å². The Hall–Kier alpha value is -1.95. The van der Waals surface area contributed by atoms with Gasteiger partial charge in [-0.3, -0.25) is 0 Å². The minimum Gasteiger partial charge on any atom is -0.492 e. The zero-order valence-electron chi connectivity index (χ0n) is 14.1. The Kier molecular flexibility index (Phi) is 6.10. The summed E-state index contributed by atoms with van der Waals surface area (Å²) < 4.78 is 16.1. The molecule has 1 atom stereocenters. The highest BCUT2D eigenvalue weighted by Crippen LogP contribution is 2.18. The molecule has 1 fully saturated rings. The average molecular weight is 322 g/mol. The highest BCUT2D eigenvalue weighted by atomic mass is 16.6. The number of rotatable bonds is 6. The number of amides is 1. The number of carbonyl (C=O) groups is 1. The summed E-state index contributed by atoms with van der Waals surface area (Å²) in [6.45, 7) is 7.86. The highest BCUT2D eigenvalue weighted by molar-refractivity contribution is 5.67. The normalized spacial score (nSPS) is 17.6. The van der Waals surface area contributed by atoms with Crippen LogP contribution >= 0.6 is 0 Å². The van der Waals surface area contributed by atoms with Crippen molar-refractivity contribution in [1.82, 2.24) is 5.32 Å². The molecule has 1 aliphatic rings. The standard InChI is InChI=1S/C17H26N2O4/c1-17(2,3)23-16(20)18-9-11-22-15-6-4-13(5-7-15)19-14-8-10-21-12-14/h4-7,14,19H,8-12H2,1-3H3,(H,18,20). The van der Waals surface area contributed by atoms with E-state index >= 15 is 0 Å². The van der Waals surface area contributed by atoms with Gasteiger partial charge in [-0.1, -0.05) is 0 Å². The molecule has 1 heterocycles. The fraction of sp³-hybridized carbons (Fsp3) is 0.588. The summed E-state index contributed by atoms with van der Waals surface area (Å²) in [7, 11) is 0. The van der Waals surface area contributed by atoms with Crippen molar-refractivity contribution in [1.29, 1.82) is 0 Å². The number of benzene rings is 1. The van der Waals surface area contributed by atoms with Gasteiger partial charge in [0.15, 0.2) is 0 Å². The van der Waals surface area contributed by atoms with E-state index in [0.717, 1.165) is 31.1 Å². The first-order valence-electron chi connectivity index (χ1n) is 7.96. The molecule has 0 bridgehead atoms. The van der Waals surface area contributed by atoms with Crippen molar-refractivity contribution in [2.45, 2.75) is 38.8 Å². The van der Waals surface area contributed by atoms with Crippen LogP contribution in [0.1, 0.15) is 27.2 Å². The van der Waals surface area contributed by atoms with Gasteiger partial charge in [0.05, 0.1) is 19.2 Å². The largest absolute Gasteiger partial charge is 0.492 e. The van der Waals surface area contributed by atoms with E-state index in [1.807, 2.05) is 45.0 Å². The number of hydrogen-bond acceptors (Lipinski definition) is 5. The maximum absolute atomic E-state index is 11.5. The van der Waals surface area contributed by atoms with Gasteiger partial charge in [0.2, 0.25) is 0 Å². The lowest BCUT2D eigenvalue weighted by molar-refractivity contribution is 0.0520. The van der Waals surface area contributed by atoms with Crippen molar-refractivity contribution in [3.8, 4) is 5.75 Å². The molecule has 1 aromatic carbocycles. The summed E-state index contributed by atoms with van der Waals surface area (Å²) in [6, 6.07) is 8.17. The van der Waals surface area contributed by atoms with E-state index in [-0.39, 0.29) is 0 Å². The fourth-order valence-corrected chi connectivity index (χ4v) is 2.17. The third-order valence-electron chi connectivity index (χ3n) is 3.19. The van der Waals surface area contributed by atoms with Crippen LogP contribution in [0.3, 0.4) is 0 Å². The van der Waals surface area contributed by atoms with Gasteiger partial charge in [-0.25, -0.2) is 4.79 Å². The Morgan fingerprint density at radius 2 is 2.04 bits per heavy atom. The Morgan fingerprint density at radius 1 is 1.30 bits per heavy atom. The van der Waals surface area contributed by atoms with Crippen LogP contribution in [-0.2, 0) is 9.47 Å². The van der Waals surface area contributed by atoms with E-state index in [1.54, 1.807) is 0 Å². The van der Waals surface area contributed by atoms with Gasteiger partial charge in [0.1, 0.15) is 18.0 Å². The molecule has 1 saturated heterocycles. The second-order valence-electron chi connectivity index (χ2n) is 6.51. The summed E-state index contributed by atoms with van der Waals surface area (Å²) in [4.78, 5) is 11.5. The van der Waals surface area contributed by atoms with Crippen LogP contribution in [0.5, 0.6) is 5.75 Å². The van der Waals surface area contributed by atoms with Gasteiger partial charge < -0.3 is 24.8 Å². The number of nitrogens with one attached hydrogen (secondary N) is 2. The number of hydrogen-bond donors (Lipinski definition) is 2. The van der Waals surface area contributed by atoms with Crippen LogP contribution in [0.2, 0.25) is 0 Å². The third kappa shape index (κ3) is 6.78. The molecule has 1 amide bonds. The zero-order valence-corrected chi connectivity index (χ0v) is 14.1. The lowest BCUT2D eigenvalue weighted by Crippen LogP contribution is -2.34. The van der Waals surface area contributed by atoms with Gasteiger partial charge in [-0.05, 0) is 51.5 Å². The van der Waals surface area contributed by atoms with E-state index in [0.29, 0.717) is 19.2 Å². The van der Waals surface area contributed by atoms with Crippen molar-refractivity contribution in [3.05, 3.63) is 24.3 Å². The molecule has 23 heavy (non-hydrogen) atoms. The number of carbonyl (C=O) groups excluding carboxylic acids is 1. The van der Waals surface area contributed by atoms with Gasteiger partial charge >= 0.3 is 6.09 Å². The number of alkyl carbamates (subject to hydrolysis) is 1. The first kappa shape index (κ1) is 17.4. The van der Waals surface area contributed by atoms with Gasteiger partial charge in [0.25, 0.3) is 0 Å². The molecule has 1 unspecified atom stereocenters. The Bertz CT molecular complexity index is 490. The van der Waals surface area contributed by atoms with E-state index in [9.17, 15) is 4.79 Å². The van der Waals surface area contributed by atoms with E-state index in [2.05, 4.69) is 10.6 Å². The monoisotopic (exact) mass is 322 g/mol. The van der Waals surface area contributed by atoms with E-state index in [4.69, 9.17) is 14.2 Å². The maximum Gasteiger partial charge on any atom is 0.407 e. The molecule has 2 rings (SSSR count). The van der Waals surface area contributed by atoms with Crippen molar-refractivity contribution in [3.63, 3.8) is 0 Å². The molecular weight excluding hydrogens is 296 g/mol. The second-order valence-corrected chi connectivity index (χ2v) is 6.51. The molecule has 0 saturated carbocycles. The Labute approximate surface area is 137 Å². The maximum atomic E-state index is 11.5. The molecule has 128 valence electrons. The van der Waals surface area contributed by atoms with Crippen LogP contribution in [0.15, 0.2) is 24.3 Å². The lowest BCUT2D eigenvalue weighted by Gasteiger charge is -2.19. The highest BCUT2D eigenvalue weighted by Gasteiger charge is 2.16. The molecular formula is C17H26N2O4. The smallest absolute Gasteiger partial charge is 0.407 e. The Morgan fingerprint density at radius 3 is 2.65 bits per heavy atom. The van der Waals surface area contributed by atoms with Crippen molar-refractivity contribution in [2.24, 2.45) is 0 Å². The number of anilines is 1. The van der Waals surface area contributed by atoms with Gasteiger partial charge in [0, 0.05) is 12.3 Å². The first-order valence-corrected chi connectivity index (χ1v) is 7.96. The molecule has 1 aliphatic heterocycles. The van der Waals surface area contributed by atoms with Gasteiger partial charge in [-0.15, -0.1) is 0 Å².